The van der Waals surface area contributed by atoms with E-state index in [2.05, 4.69) is 17.4 Å². The van der Waals surface area contributed by atoms with Crippen molar-refractivity contribution < 1.29 is 0 Å². The van der Waals surface area contributed by atoms with Crippen LogP contribution in [0.25, 0.3) is 0 Å². The summed E-state index contributed by atoms with van der Waals surface area (Å²) in [5, 5.41) is 0. The molecule has 0 radical (unpaired) electrons. The van der Waals surface area contributed by atoms with Crippen molar-refractivity contribution in [3.8, 4) is 0 Å². The molecule has 0 unspecified atom stereocenters. The Morgan fingerprint density at radius 1 is 1.20 bits per heavy atom. The maximum absolute atomic E-state index is 6.03. The summed E-state index contributed by atoms with van der Waals surface area (Å²) in [5.41, 5.74) is 8.03. The van der Waals surface area contributed by atoms with Gasteiger partial charge in [-0.05, 0) is 43.7 Å². The smallest absolute Gasteiger partial charge is 0.0170 e. The van der Waals surface area contributed by atoms with Gasteiger partial charge in [-0.25, -0.2) is 0 Å². The molecule has 1 heterocycles. The predicted molar refractivity (Wildman–Crippen MR) is 65.5 cm³/mol. The fraction of sp³-hybridized carbons (Fsp3) is 0.692. The van der Waals surface area contributed by atoms with Gasteiger partial charge in [0.05, 0.1) is 0 Å². The van der Waals surface area contributed by atoms with Gasteiger partial charge in [0, 0.05) is 21.7 Å². The Labute approximate surface area is 95.7 Å². The van der Waals surface area contributed by atoms with E-state index in [4.69, 9.17) is 5.73 Å². The molecule has 2 heteroatoms. The van der Waals surface area contributed by atoms with Crippen LogP contribution in [0, 0.1) is 0 Å². The average Bonchev–Trinajstić information content (AvgIpc) is 2.92. The number of hydrogen-bond donors (Lipinski definition) is 1. The van der Waals surface area contributed by atoms with Gasteiger partial charge in [0.2, 0.25) is 0 Å². The molecular weight excluding hydrogens is 202 g/mol. The van der Waals surface area contributed by atoms with Crippen LogP contribution in [0.5, 0.6) is 0 Å². The number of thiophene rings is 1. The lowest BCUT2D eigenvalue weighted by atomic mass is 9.84. The lowest BCUT2D eigenvalue weighted by Gasteiger charge is -2.25. The second-order valence-corrected chi connectivity index (χ2v) is 6.24. The summed E-state index contributed by atoms with van der Waals surface area (Å²) in [6.45, 7) is 0.854. The van der Waals surface area contributed by atoms with Crippen LogP contribution in [-0.2, 0) is 18.3 Å². The molecule has 0 bridgehead atoms. The first-order valence-corrected chi connectivity index (χ1v) is 6.98. The van der Waals surface area contributed by atoms with Crippen LogP contribution in [-0.4, -0.2) is 6.54 Å². The zero-order valence-corrected chi connectivity index (χ0v) is 10.0. The standard InChI is InChI=1S/C13H19NS/c14-9-13(6-1-2-7-13)12-8-10-4-3-5-11(10)15-12/h8H,1-7,9,14H2. The monoisotopic (exact) mass is 221 g/mol. The molecule has 3 rings (SSSR count). The summed E-state index contributed by atoms with van der Waals surface area (Å²) in [7, 11) is 0. The Morgan fingerprint density at radius 3 is 2.67 bits per heavy atom. The molecule has 1 saturated carbocycles. The van der Waals surface area contributed by atoms with Crippen molar-refractivity contribution >= 4 is 11.3 Å². The molecular formula is C13H19NS. The van der Waals surface area contributed by atoms with Crippen molar-refractivity contribution in [2.45, 2.75) is 50.4 Å². The van der Waals surface area contributed by atoms with Crippen molar-refractivity contribution in [2.75, 3.05) is 6.54 Å². The van der Waals surface area contributed by atoms with Gasteiger partial charge in [0.15, 0.2) is 0 Å². The maximum atomic E-state index is 6.03. The molecule has 0 aromatic carbocycles. The molecule has 0 amide bonds. The van der Waals surface area contributed by atoms with E-state index < -0.39 is 0 Å². The minimum absolute atomic E-state index is 0.370. The lowest BCUT2D eigenvalue weighted by Crippen LogP contribution is -2.30. The van der Waals surface area contributed by atoms with Gasteiger partial charge in [-0.15, -0.1) is 11.3 Å². The van der Waals surface area contributed by atoms with E-state index in [9.17, 15) is 0 Å². The first-order valence-electron chi connectivity index (χ1n) is 6.16. The fourth-order valence-electron chi connectivity index (χ4n) is 3.19. The van der Waals surface area contributed by atoms with Crippen LogP contribution >= 0.6 is 11.3 Å². The third-order valence-electron chi connectivity index (χ3n) is 4.22. The normalized spacial score (nSPS) is 23.3. The molecule has 82 valence electrons. The van der Waals surface area contributed by atoms with Crippen molar-refractivity contribution in [1.82, 2.24) is 0 Å². The zero-order valence-electron chi connectivity index (χ0n) is 9.22. The van der Waals surface area contributed by atoms with Crippen LogP contribution in [0.1, 0.15) is 47.4 Å². The summed E-state index contributed by atoms with van der Waals surface area (Å²) in [4.78, 5) is 3.26. The zero-order chi connectivity index (χ0) is 10.3. The average molecular weight is 221 g/mol. The Kier molecular flexibility index (Phi) is 2.37. The Morgan fingerprint density at radius 2 is 2.00 bits per heavy atom. The summed E-state index contributed by atoms with van der Waals surface area (Å²) in [6.07, 6.45) is 9.40. The third kappa shape index (κ3) is 1.46. The summed E-state index contributed by atoms with van der Waals surface area (Å²) in [6, 6.07) is 2.48. The van der Waals surface area contributed by atoms with Gasteiger partial charge in [-0.2, -0.15) is 0 Å². The number of hydrogen-bond acceptors (Lipinski definition) is 2. The first kappa shape index (κ1) is 9.86. The number of rotatable bonds is 2. The summed E-state index contributed by atoms with van der Waals surface area (Å²) >= 11 is 2.06. The summed E-state index contributed by atoms with van der Waals surface area (Å²) < 4.78 is 0. The highest BCUT2D eigenvalue weighted by molar-refractivity contribution is 7.12. The predicted octanol–water partition coefficient (Wildman–Crippen LogP) is 3.01. The lowest BCUT2D eigenvalue weighted by molar-refractivity contribution is 0.462. The van der Waals surface area contributed by atoms with Crippen LogP contribution in [0.2, 0.25) is 0 Å². The molecule has 1 aromatic rings. The van der Waals surface area contributed by atoms with E-state index >= 15 is 0 Å². The van der Waals surface area contributed by atoms with Crippen LogP contribution in [0.4, 0.5) is 0 Å². The fourth-order valence-corrected chi connectivity index (χ4v) is 4.70. The number of fused-ring (bicyclic) bond motifs is 1. The van der Waals surface area contributed by atoms with Crippen molar-refractivity contribution in [3.63, 3.8) is 0 Å². The van der Waals surface area contributed by atoms with E-state index in [1.165, 1.54) is 44.9 Å². The molecule has 0 spiro atoms. The summed E-state index contributed by atoms with van der Waals surface area (Å²) in [5.74, 6) is 0. The Bertz CT molecular complexity index is 339. The topological polar surface area (TPSA) is 26.0 Å². The van der Waals surface area contributed by atoms with E-state index in [1.807, 2.05) is 0 Å². The molecule has 2 aliphatic rings. The minimum atomic E-state index is 0.370. The van der Waals surface area contributed by atoms with E-state index in [-0.39, 0.29) is 0 Å². The van der Waals surface area contributed by atoms with E-state index in [1.54, 1.807) is 15.3 Å². The third-order valence-corrected chi connectivity index (χ3v) is 5.70. The van der Waals surface area contributed by atoms with Crippen LogP contribution in [0.3, 0.4) is 0 Å². The largest absolute Gasteiger partial charge is 0.330 e. The first-order chi connectivity index (χ1) is 7.34. The van der Waals surface area contributed by atoms with Crippen molar-refractivity contribution in [3.05, 3.63) is 21.4 Å². The van der Waals surface area contributed by atoms with Gasteiger partial charge < -0.3 is 5.73 Å². The Hall–Kier alpha value is -0.340. The highest BCUT2D eigenvalue weighted by atomic mass is 32.1. The molecule has 0 saturated heterocycles. The molecule has 2 aliphatic carbocycles. The number of nitrogens with two attached hydrogens (primary N) is 1. The molecule has 1 aromatic heterocycles. The quantitative estimate of drug-likeness (QED) is 0.816. The SMILES string of the molecule is NCC1(c2cc3c(s2)CCC3)CCCC1. The minimum Gasteiger partial charge on any atom is -0.330 e. The molecule has 1 nitrogen and oxygen atoms in total. The highest BCUT2D eigenvalue weighted by Gasteiger charge is 2.36. The molecule has 2 N–H and O–H groups in total. The molecule has 0 atom stereocenters. The maximum Gasteiger partial charge on any atom is 0.0170 e. The van der Waals surface area contributed by atoms with Gasteiger partial charge in [0.25, 0.3) is 0 Å². The second kappa shape index (κ2) is 3.60. The van der Waals surface area contributed by atoms with E-state index in [0.29, 0.717) is 5.41 Å². The van der Waals surface area contributed by atoms with Gasteiger partial charge in [-0.1, -0.05) is 12.8 Å². The Balaban J connectivity index is 1.97. The molecule has 0 aliphatic heterocycles. The van der Waals surface area contributed by atoms with Crippen molar-refractivity contribution in [2.24, 2.45) is 5.73 Å². The van der Waals surface area contributed by atoms with Gasteiger partial charge >= 0.3 is 0 Å². The van der Waals surface area contributed by atoms with Crippen molar-refractivity contribution in [1.29, 1.82) is 0 Å². The highest BCUT2D eigenvalue weighted by Crippen LogP contribution is 2.45. The van der Waals surface area contributed by atoms with Crippen LogP contribution < -0.4 is 5.73 Å². The molecule has 15 heavy (non-hydrogen) atoms. The van der Waals surface area contributed by atoms with Crippen LogP contribution in [0.15, 0.2) is 6.07 Å². The van der Waals surface area contributed by atoms with Gasteiger partial charge in [-0.3, -0.25) is 0 Å². The second-order valence-electron chi connectivity index (χ2n) is 5.10. The van der Waals surface area contributed by atoms with E-state index in [0.717, 1.165) is 6.54 Å². The molecule has 1 fully saturated rings. The van der Waals surface area contributed by atoms with Gasteiger partial charge in [0.1, 0.15) is 0 Å². The number of aryl methyl sites for hydroxylation is 2.